The molecular formula is C26H27N3O4. The first kappa shape index (κ1) is 23.5. The van der Waals surface area contributed by atoms with Gasteiger partial charge in [0.2, 0.25) is 0 Å². The zero-order valence-electron chi connectivity index (χ0n) is 19.1. The third kappa shape index (κ3) is 6.20. The number of nitrogens with zero attached hydrogens (tertiary/aromatic N) is 1. The summed E-state index contributed by atoms with van der Waals surface area (Å²) in [5, 5.41) is 6.50. The van der Waals surface area contributed by atoms with Crippen molar-refractivity contribution in [2.24, 2.45) is 5.10 Å². The van der Waals surface area contributed by atoms with E-state index in [1.807, 2.05) is 63.2 Å². The van der Waals surface area contributed by atoms with Gasteiger partial charge in [-0.3, -0.25) is 9.59 Å². The number of hydrazone groups is 1. The standard InChI is InChI=1S/C26H27N3O4/c1-17-8-5-6-11-21(17)16-33-22-13-12-20(14-23(22)32-4)15-27-29-26(31)25(30)28-24-18(2)9-7-10-19(24)3/h5-15H,16H2,1-4H3,(H,28,30)(H,29,31). The van der Waals surface area contributed by atoms with Crippen LogP contribution in [0.15, 0.2) is 65.8 Å². The van der Waals surface area contributed by atoms with E-state index < -0.39 is 11.8 Å². The molecule has 0 saturated carbocycles. The molecule has 0 atom stereocenters. The Morgan fingerprint density at radius 3 is 2.27 bits per heavy atom. The second kappa shape index (κ2) is 10.9. The van der Waals surface area contributed by atoms with Crippen LogP contribution in [0.1, 0.15) is 27.8 Å². The van der Waals surface area contributed by atoms with Gasteiger partial charge in [-0.1, -0.05) is 42.5 Å². The van der Waals surface area contributed by atoms with Crippen molar-refractivity contribution in [3.8, 4) is 11.5 Å². The number of para-hydroxylation sites is 1. The molecule has 3 aromatic carbocycles. The van der Waals surface area contributed by atoms with E-state index >= 15 is 0 Å². The first-order chi connectivity index (χ1) is 15.9. The van der Waals surface area contributed by atoms with Crippen LogP contribution in [0.5, 0.6) is 11.5 Å². The number of nitrogens with one attached hydrogen (secondary N) is 2. The predicted octanol–water partition coefficient (Wildman–Crippen LogP) is 4.29. The van der Waals surface area contributed by atoms with Gasteiger partial charge in [-0.15, -0.1) is 0 Å². The van der Waals surface area contributed by atoms with Crippen LogP contribution in [-0.2, 0) is 16.2 Å². The molecule has 0 bridgehead atoms. The fourth-order valence-electron chi connectivity index (χ4n) is 3.21. The zero-order chi connectivity index (χ0) is 23.8. The topological polar surface area (TPSA) is 89.0 Å². The van der Waals surface area contributed by atoms with Crippen LogP contribution >= 0.6 is 0 Å². The molecule has 2 amide bonds. The van der Waals surface area contributed by atoms with Crippen molar-refractivity contribution >= 4 is 23.7 Å². The Morgan fingerprint density at radius 2 is 1.58 bits per heavy atom. The maximum absolute atomic E-state index is 12.2. The molecule has 0 aliphatic carbocycles. The molecular weight excluding hydrogens is 418 g/mol. The summed E-state index contributed by atoms with van der Waals surface area (Å²) in [6, 6.07) is 18.9. The van der Waals surface area contributed by atoms with Crippen molar-refractivity contribution in [3.63, 3.8) is 0 Å². The average molecular weight is 446 g/mol. The first-order valence-corrected chi connectivity index (χ1v) is 10.4. The molecule has 0 aliphatic rings. The van der Waals surface area contributed by atoms with E-state index in [1.54, 1.807) is 25.3 Å². The summed E-state index contributed by atoms with van der Waals surface area (Å²) in [4.78, 5) is 24.3. The lowest BCUT2D eigenvalue weighted by molar-refractivity contribution is -0.136. The molecule has 170 valence electrons. The minimum Gasteiger partial charge on any atom is -0.493 e. The lowest BCUT2D eigenvalue weighted by Gasteiger charge is -2.12. The number of methoxy groups -OCH3 is 1. The molecule has 0 spiro atoms. The minimum atomic E-state index is -0.862. The van der Waals surface area contributed by atoms with Gasteiger partial charge < -0.3 is 14.8 Å². The van der Waals surface area contributed by atoms with E-state index in [2.05, 4.69) is 15.8 Å². The van der Waals surface area contributed by atoms with E-state index in [9.17, 15) is 9.59 Å². The summed E-state index contributed by atoms with van der Waals surface area (Å²) in [5.41, 5.74) is 7.52. The highest BCUT2D eigenvalue weighted by molar-refractivity contribution is 6.39. The largest absolute Gasteiger partial charge is 0.493 e. The van der Waals surface area contributed by atoms with Crippen LogP contribution < -0.4 is 20.2 Å². The van der Waals surface area contributed by atoms with Crippen LogP contribution in [0, 0.1) is 20.8 Å². The second-order valence-electron chi connectivity index (χ2n) is 7.55. The molecule has 0 unspecified atom stereocenters. The van der Waals surface area contributed by atoms with E-state index in [-0.39, 0.29) is 0 Å². The lowest BCUT2D eigenvalue weighted by Crippen LogP contribution is -2.32. The van der Waals surface area contributed by atoms with Crippen LogP contribution in [0.3, 0.4) is 0 Å². The molecule has 2 N–H and O–H groups in total. The molecule has 3 aromatic rings. The summed E-state index contributed by atoms with van der Waals surface area (Å²) >= 11 is 0. The number of anilines is 1. The fourth-order valence-corrected chi connectivity index (χ4v) is 3.21. The molecule has 0 heterocycles. The molecule has 0 fully saturated rings. The summed E-state index contributed by atoms with van der Waals surface area (Å²) in [5.74, 6) is -0.525. The van der Waals surface area contributed by atoms with Gasteiger partial charge in [0.1, 0.15) is 6.61 Å². The fraction of sp³-hybridized carbons (Fsp3) is 0.192. The quantitative estimate of drug-likeness (QED) is 0.323. The van der Waals surface area contributed by atoms with Crippen LogP contribution in [0.25, 0.3) is 0 Å². The number of carbonyl (C=O) groups is 2. The zero-order valence-corrected chi connectivity index (χ0v) is 19.1. The Labute approximate surface area is 193 Å². The molecule has 3 rings (SSSR count). The molecule has 33 heavy (non-hydrogen) atoms. The first-order valence-electron chi connectivity index (χ1n) is 10.4. The van der Waals surface area contributed by atoms with Crippen molar-refractivity contribution in [2.45, 2.75) is 27.4 Å². The highest BCUT2D eigenvalue weighted by Gasteiger charge is 2.15. The third-order valence-corrected chi connectivity index (χ3v) is 5.14. The predicted molar refractivity (Wildman–Crippen MR) is 129 cm³/mol. The van der Waals surface area contributed by atoms with Gasteiger partial charge in [-0.25, -0.2) is 5.43 Å². The number of amides is 2. The molecule has 0 saturated heterocycles. The normalized spacial score (nSPS) is 10.7. The monoisotopic (exact) mass is 445 g/mol. The van der Waals surface area contributed by atoms with E-state index in [0.29, 0.717) is 29.4 Å². The van der Waals surface area contributed by atoms with Gasteiger partial charge in [0.15, 0.2) is 11.5 Å². The van der Waals surface area contributed by atoms with Crippen molar-refractivity contribution < 1.29 is 19.1 Å². The van der Waals surface area contributed by atoms with Crippen molar-refractivity contribution in [2.75, 3.05) is 12.4 Å². The Hall–Kier alpha value is -4.13. The number of aryl methyl sites for hydroxylation is 3. The van der Waals surface area contributed by atoms with Gasteiger partial charge in [-0.2, -0.15) is 5.10 Å². The SMILES string of the molecule is COc1cc(C=NNC(=O)C(=O)Nc2c(C)cccc2C)ccc1OCc1ccccc1C. The van der Waals surface area contributed by atoms with Crippen LogP contribution in [0.2, 0.25) is 0 Å². The highest BCUT2D eigenvalue weighted by atomic mass is 16.5. The Kier molecular flexibility index (Phi) is 7.81. The van der Waals surface area contributed by atoms with Crippen LogP contribution in [0.4, 0.5) is 5.69 Å². The lowest BCUT2D eigenvalue weighted by atomic mass is 10.1. The summed E-state index contributed by atoms with van der Waals surface area (Å²) in [7, 11) is 1.55. The van der Waals surface area contributed by atoms with Gasteiger partial charge in [-0.05, 0) is 66.8 Å². The summed E-state index contributed by atoms with van der Waals surface area (Å²) in [6.07, 6.45) is 1.43. The number of carbonyl (C=O) groups excluding carboxylic acids is 2. The molecule has 0 aliphatic heterocycles. The van der Waals surface area contributed by atoms with E-state index in [1.165, 1.54) is 6.21 Å². The molecule has 7 nitrogen and oxygen atoms in total. The van der Waals surface area contributed by atoms with Gasteiger partial charge >= 0.3 is 11.8 Å². The van der Waals surface area contributed by atoms with Crippen molar-refractivity contribution in [3.05, 3.63) is 88.5 Å². The maximum atomic E-state index is 12.2. The minimum absolute atomic E-state index is 0.419. The number of rotatable bonds is 7. The van der Waals surface area contributed by atoms with Gasteiger partial charge in [0, 0.05) is 5.69 Å². The molecule has 0 radical (unpaired) electrons. The van der Waals surface area contributed by atoms with E-state index in [0.717, 1.165) is 22.3 Å². The summed E-state index contributed by atoms with van der Waals surface area (Å²) < 4.78 is 11.3. The van der Waals surface area contributed by atoms with Crippen molar-refractivity contribution in [1.29, 1.82) is 0 Å². The third-order valence-electron chi connectivity index (χ3n) is 5.14. The number of hydrogen-bond donors (Lipinski definition) is 2. The highest BCUT2D eigenvalue weighted by Crippen LogP contribution is 2.28. The molecule has 7 heteroatoms. The Balaban J connectivity index is 1.59. The van der Waals surface area contributed by atoms with Crippen LogP contribution in [-0.4, -0.2) is 25.1 Å². The van der Waals surface area contributed by atoms with Gasteiger partial charge in [0.05, 0.1) is 13.3 Å². The number of benzene rings is 3. The van der Waals surface area contributed by atoms with Crippen molar-refractivity contribution in [1.82, 2.24) is 5.43 Å². The summed E-state index contributed by atoms with van der Waals surface area (Å²) in [6.45, 7) is 6.18. The maximum Gasteiger partial charge on any atom is 0.329 e. The Bertz CT molecular complexity index is 1170. The average Bonchev–Trinajstić information content (AvgIpc) is 2.81. The molecule has 0 aromatic heterocycles. The smallest absolute Gasteiger partial charge is 0.329 e. The second-order valence-corrected chi connectivity index (χ2v) is 7.55. The van der Waals surface area contributed by atoms with E-state index in [4.69, 9.17) is 9.47 Å². The number of hydrogen-bond acceptors (Lipinski definition) is 5. The Morgan fingerprint density at radius 1 is 0.879 bits per heavy atom. The number of ether oxygens (including phenoxy) is 2. The van der Waals surface area contributed by atoms with Gasteiger partial charge in [0.25, 0.3) is 0 Å².